The largest absolute Gasteiger partial charge is 0.462 e. The van der Waals surface area contributed by atoms with E-state index in [1.807, 2.05) is 13.8 Å². The molecule has 0 spiro atoms. The van der Waals surface area contributed by atoms with Gasteiger partial charge in [0.1, 0.15) is 0 Å². The van der Waals surface area contributed by atoms with Gasteiger partial charge in [0.05, 0.1) is 17.9 Å². The van der Waals surface area contributed by atoms with E-state index in [0.717, 1.165) is 6.54 Å². The maximum atomic E-state index is 11.9. The highest BCUT2D eigenvalue weighted by Crippen LogP contribution is 2.16. The van der Waals surface area contributed by atoms with Crippen molar-refractivity contribution in [2.45, 2.75) is 33.2 Å². The molecule has 0 radical (unpaired) electrons. The molecule has 0 fully saturated rings. The number of ether oxygens (including phenoxy) is 1. The predicted molar refractivity (Wildman–Crippen MR) is 78.8 cm³/mol. The fourth-order valence-electron chi connectivity index (χ4n) is 1.88. The summed E-state index contributed by atoms with van der Waals surface area (Å²) in [6.07, 6.45) is 0.352. The third-order valence-electron chi connectivity index (χ3n) is 2.74. The number of anilines is 1. The van der Waals surface area contributed by atoms with Crippen LogP contribution in [0.15, 0.2) is 24.3 Å². The number of benzene rings is 1. The molecule has 2 N–H and O–H groups in total. The van der Waals surface area contributed by atoms with Gasteiger partial charge in [0.2, 0.25) is 5.91 Å². The molecule has 0 aliphatic rings. The van der Waals surface area contributed by atoms with Crippen molar-refractivity contribution in [2.24, 2.45) is 0 Å². The van der Waals surface area contributed by atoms with E-state index in [0.29, 0.717) is 24.3 Å². The van der Waals surface area contributed by atoms with E-state index >= 15 is 0 Å². The number of para-hydroxylation sites is 1. The van der Waals surface area contributed by atoms with Gasteiger partial charge >= 0.3 is 5.97 Å². The van der Waals surface area contributed by atoms with Crippen LogP contribution in [-0.4, -0.2) is 31.1 Å². The zero-order valence-electron chi connectivity index (χ0n) is 12.2. The van der Waals surface area contributed by atoms with Gasteiger partial charge in [-0.15, -0.1) is 0 Å². The average molecular weight is 278 g/mol. The van der Waals surface area contributed by atoms with Gasteiger partial charge in [-0.1, -0.05) is 19.1 Å². The highest BCUT2D eigenvalue weighted by molar-refractivity contribution is 6.01. The molecule has 0 bridgehead atoms. The Morgan fingerprint density at radius 2 is 1.95 bits per heavy atom. The third kappa shape index (κ3) is 5.01. The van der Waals surface area contributed by atoms with Gasteiger partial charge in [-0.3, -0.25) is 4.79 Å². The Labute approximate surface area is 119 Å². The molecule has 1 aromatic carbocycles. The van der Waals surface area contributed by atoms with Gasteiger partial charge < -0.3 is 15.4 Å². The van der Waals surface area contributed by atoms with Crippen molar-refractivity contribution in [3.8, 4) is 0 Å². The normalized spacial score (nSPS) is 11.8. The first-order valence-corrected chi connectivity index (χ1v) is 6.87. The van der Waals surface area contributed by atoms with Crippen molar-refractivity contribution >= 4 is 17.6 Å². The van der Waals surface area contributed by atoms with Crippen molar-refractivity contribution < 1.29 is 14.3 Å². The lowest BCUT2D eigenvalue weighted by Gasteiger charge is -2.13. The maximum Gasteiger partial charge on any atom is 0.340 e. The second kappa shape index (κ2) is 8.32. The van der Waals surface area contributed by atoms with Crippen LogP contribution in [-0.2, 0) is 9.53 Å². The minimum absolute atomic E-state index is 0.0924. The Morgan fingerprint density at radius 1 is 1.25 bits per heavy atom. The fourth-order valence-corrected chi connectivity index (χ4v) is 1.88. The molecular weight excluding hydrogens is 256 g/mol. The SMILES string of the molecule is CCNC(C)CC(=O)Nc1ccccc1C(=O)OCC. The first-order valence-electron chi connectivity index (χ1n) is 6.87. The van der Waals surface area contributed by atoms with Crippen molar-refractivity contribution in [1.82, 2.24) is 5.32 Å². The standard InChI is InChI=1S/C15H22N2O3/c1-4-16-11(3)10-14(18)17-13-9-7-6-8-12(13)15(19)20-5-2/h6-9,11,16H,4-5,10H2,1-3H3,(H,17,18). The average Bonchev–Trinajstić information content (AvgIpc) is 2.39. The minimum Gasteiger partial charge on any atom is -0.462 e. The lowest BCUT2D eigenvalue weighted by Crippen LogP contribution is -2.30. The van der Waals surface area contributed by atoms with Crippen molar-refractivity contribution in [1.29, 1.82) is 0 Å². The van der Waals surface area contributed by atoms with E-state index in [9.17, 15) is 9.59 Å². The minimum atomic E-state index is -0.428. The number of hydrogen-bond acceptors (Lipinski definition) is 4. The molecule has 0 aliphatic carbocycles. The Bertz CT molecular complexity index is 460. The van der Waals surface area contributed by atoms with Gasteiger partial charge in [0.15, 0.2) is 0 Å². The summed E-state index contributed by atoms with van der Waals surface area (Å²) in [5.74, 6) is -0.557. The number of nitrogens with one attached hydrogen (secondary N) is 2. The summed E-state index contributed by atoms with van der Waals surface area (Å²) >= 11 is 0. The van der Waals surface area contributed by atoms with Crippen molar-refractivity contribution in [2.75, 3.05) is 18.5 Å². The molecule has 0 aliphatic heterocycles. The van der Waals surface area contributed by atoms with E-state index in [1.54, 1.807) is 31.2 Å². The number of esters is 1. The number of hydrogen-bond donors (Lipinski definition) is 2. The van der Waals surface area contributed by atoms with Gasteiger partial charge in [-0.2, -0.15) is 0 Å². The summed E-state index contributed by atoms with van der Waals surface area (Å²) in [5, 5.41) is 5.93. The molecule has 1 unspecified atom stereocenters. The maximum absolute atomic E-state index is 11.9. The third-order valence-corrected chi connectivity index (χ3v) is 2.74. The van der Waals surface area contributed by atoms with Crippen LogP contribution < -0.4 is 10.6 Å². The molecule has 1 aromatic rings. The molecule has 5 heteroatoms. The first kappa shape index (κ1) is 16.2. The summed E-state index contributed by atoms with van der Waals surface area (Å²) in [7, 11) is 0. The van der Waals surface area contributed by atoms with Gasteiger partial charge in [-0.05, 0) is 32.5 Å². The van der Waals surface area contributed by atoms with Crippen molar-refractivity contribution in [3.05, 3.63) is 29.8 Å². The van der Waals surface area contributed by atoms with E-state index < -0.39 is 5.97 Å². The second-order valence-corrected chi connectivity index (χ2v) is 4.48. The van der Waals surface area contributed by atoms with Crippen LogP contribution in [0.3, 0.4) is 0 Å². The summed E-state index contributed by atoms with van der Waals surface area (Å²) in [5.41, 5.74) is 0.860. The molecule has 20 heavy (non-hydrogen) atoms. The smallest absolute Gasteiger partial charge is 0.340 e. The Kier molecular flexibility index (Phi) is 6.73. The number of carbonyl (C=O) groups is 2. The van der Waals surface area contributed by atoms with Crippen LogP contribution in [0.4, 0.5) is 5.69 Å². The molecule has 0 heterocycles. The molecule has 1 amide bonds. The van der Waals surface area contributed by atoms with Crippen molar-refractivity contribution in [3.63, 3.8) is 0 Å². The summed E-state index contributed by atoms with van der Waals surface area (Å²) in [4.78, 5) is 23.7. The van der Waals surface area contributed by atoms with Crippen LogP contribution in [0.2, 0.25) is 0 Å². The molecule has 1 rings (SSSR count). The van der Waals surface area contributed by atoms with Gasteiger partial charge in [0, 0.05) is 12.5 Å². The van der Waals surface area contributed by atoms with E-state index in [1.165, 1.54) is 0 Å². The lowest BCUT2D eigenvalue weighted by atomic mass is 10.1. The lowest BCUT2D eigenvalue weighted by molar-refractivity contribution is -0.116. The topological polar surface area (TPSA) is 67.4 Å². The van der Waals surface area contributed by atoms with Crippen LogP contribution in [0.1, 0.15) is 37.6 Å². The number of rotatable bonds is 7. The van der Waals surface area contributed by atoms with E-state index in [4.69, 9.17) is 4.74 Å². The second-order valence-electron chi connectivity index (χ2n) is 4.48. The van der Waals surface area contributed by atoms with Crippen LogP contribution in [0.5, 0.6) is 0 Å². The Balaban J connectivity index is 2.72. The zero-order chi connectivity index (χ0) is 15.0. The molecular formula is C15H22N2O3. The zero-order valence-corrected chi connectivity index (χ0v) is 12.2. The van der Waals surface area contributed by atoms with E-state index in [-0.39, 0.29) is 11.9 Å². The molecule has 110 valence electrons. The van der Waals surface area contributed by atoms with E-state index in [2.05, 4.69) is 10.6 Å². The Morgan fingerprint density at radius 3 is 2.60 bits per heavy atom. The molecule has 0 aromatic heterocycles. The van der Waals surface area contributed by atoms with Crippen LogP contribution in [0, 0.1) is 0 Å². The summed E-state index contributed by atoms with van der Waals surface area (Å²) in [6, 6.07) is 6.94. The monoisotopic (exact) mass is 278 g/mol. The molecule has 5 nitrogen and oxygen atoms in total. The quantitative estimate of drug-likeness (QED) is 0.750. The van der Waals surface area contributed by atoms with Crippen LogP contribution >= 0.6 is 0 Å². The van der Waals surface area contributed by atoms with Gasteiger partial charge in [-0.25, -0.2) is 4.79 Å². The summed E-state index contributed by atoms with van der Waals surface area (Å²) in [6.45, 7) is 6.80. The predicted octanol–water partition coefficient (Wildman–Crippen LogP) is 2.19. The number of carbonyl (C=O) groups excluding carboxylic acids is 2. The number of amides is 1. The van der Waals surface area contributed by atoms with Crippen LogP contribution in [0.25, 0.3) is 0 Å². The fraction of sp³-hybridized carbons (Fsp3) is 0.467. The first-order chi connectivity index (χ1) is 9.58. The summed E-state index contributed by atoms with van der Waals surface area (Å²) < 4.78 is 4.97. The van der Waals surface area contributed by atoms with Gasteiger partial charge in [0.25, 0.3) is 0 Å². The Hall–Kier alpha value is -1.88. The molecule has 1 atom stereocenters. The molecule has 0 saturated heterocycles. The highest BCUT2D eigenvalue weighted by Gasteiger charge is 2.15. The highest BCUT2D eigenvalue weighted by atomic mass is 16.5. The molecule has 0 saturated carbocycles.